The van der Waals surface area contributed by atoms with E-state index in [4.69, 9.17) is 0 Å². The van der Waals surface area contributed by atoms with Gasteiger partial charge in [-0.3, -0.25) is 0 Å². The number of hydrogen-bond donors (Lipinski definition) is 1. The average molecular weight is 252 g/mol. The second kappa shape index (κ2) is 5.08. The van der Waals surface area contributed by atoms with Crippen LogP contribution >= 0.6 is 22.7 Å². The number of aryl methyl sites for hydroxylation is 2. The van der Waals surface area contributed by atoms with Crippen molar-refractivity contribution in [2.45, 2.75) is 33.4 Å². The van der Waals surface area contributed by atoms with E-state index in [0.29, 0.717) is 6.04 Å². The molecule has 86 valence electrons. The van der Waals surface area contributed by atoms with Crippen molar-refractivity contribution in [3.05, 3.63) is 38.0 Å². The Morgan fingerprint density at radius 1 is 1.38 bits per heavy atom. The predicted octanol–water partition coefficient (Wildman–Crippen LogP) is 3.67. The maximum Gasteiger partial charge on any atom is 0.0798 e. The van der Waals surface area contributed by atoms with Crippen LogP contribution in [0.25, 0.3) is 0 Å². The molecule has 0 saturated carbocycles. The van der Waals surface area contributed by atoms with Crippen molar-refractivity contribution >= 4 is 22.7 Å². The molecule has 2 rings (SSSR count). The molecule has 1 unspecified atom stereocenters. The molecule has 0 radical (unpaired) electrons. The summed E-state index contributed by atoms with van der Waals surface area (Å²) in [6.07, 6.45) is 0. The average Bonchev–Trinajstić information content (AvgIpc) is 2.84. The Balaban J connectivity index is 1.93. The third-order valence-corrected chi connectivity index (χ3v) is 4.67. The monoisotopic (exact) mass is 252 g/mol. The Labute approximate surface area is 104 Å². The molecule has 1 atom stereocenters. The summed E-state index contributed by atoms with van der Waals surface area (Å²) < 4.78 is 0. The van der Waals surface area contributed by atoms with Crippen molar-refractivity contribution in [3.63, 3.8) is 0 Å². The molecular formula is C12H16N2S2. The SMILES string of the molecule is Cc1ccc(CNC(C)c2scnc2C)s1. The van der Waals surface area contributed by atoms with Crippen LogP contribution in [0.2, 0.25) is 0 Å². The molecule has 0 spiro atoms. The van der Waals surface area contributed by atoms with Gasteiger partial charge in [-0.05, 0) is 32.9 Å². The largest absolute Gasteiger partial charge is 0.304 e. The normalized spacial score (nSPS) is 12.9. The highest BCUT2D eigenvalue weighted by Gasteiger charge is 2.10. The topological polar surface area (TPSA) is 24.9 Å². The fourth-order valence-corrected chi connectivity index (χ4v) is 3.33. The Morgan fingerprint density at radius 3 is 2.75 bits per heavy atom. The number of nitrogens with zero attached hydrogens (tertiary/aromatic N) is 1. The van der Waals surface area contributed by atoms with Gasteiger partial charge >= 0.3 is 0 Å². The van der Waals surface area contributed by atoms with Crippen molar-refractivity contribution in [2.75, 3.05) is 0 Å². The minimum atomic E-state index is 0.384. The second-order valence-electron chi connectivity index (χ2n) is 3.92. The van der Waals surface area contributed by atoms with E-state index in [9.17, 15) is 0 Å². The van der Waals surface area contributed by atoms with Crippen LogP contribution in [0.3, 0.4) is 0 Å². The first-order chi connectivity index (χ1) is 7.66. The molecule has 0 bridgehead atoms. The molecule has 2 heterocycles. The summed E-state index contributed by atoms with van der Waals surface area (Å²) in [5.74, 6) is 0. The van der Waals surface area contributed by atoms with E-state index in [-0.39, 0.29) is 0 Å². The third-order valence-electron chi connectivity index (χ3n) is 2.55. The summed E-state index contributed by atoms with van der Waals surface area (Å²) in [6, 6.07) is 4.75. The van der Waals surface area contributed by atoms with Gasteiger partial charge < -0.3 is 5.32 Å². The summed E-state index contributed by atoms with van der Waals surface area (Å²) in [6.45, 7) is 7.35. The Kier molecular flexibility index (Phi) is 3.74. The molecule has 16 heavy (non-hydrogen) atoms. The molecule has 2 nitrogen and oxygen atoms in total. The van der Waals surface area contributed by atoms with E-state index in [0.717, 1.165) is 12.2 Å². The zero-order valence-electron chi connectivity index (χ0n) is 9.78. The summed E-state index contributed by atoms with van der Waals surface area (Å²) >= 11 is 3.58. The summed E-state index contributed by atoms with van der Waals surface area (Å²) in [7, 11) is 0. The predicted molar refractivity (Wildman–Crippen MR) is 71.2 cm³/mol. The summed E-state index contributed by atoms with van der Waals surface area (Å²) in [5, 5.41) is 3.54. The molecule has 0 saturated heterocycles. The highest BCUT2D eigenvalue weighted by atomic mass is 32.1. The number of aromatic nitrogens is 1. The molecule has 0 aromatic carbocycles. The number of rotatable bonds is 4. The maximum absolute atomic E-state index is 4.28. The fraction of sp³-hybridized carbons (Fsp3) is 0.417. The smallest absolute Gasteiger partial charge is 0.0798 e. The minimum absolute atomic E-state index is 0.384. The summed E-state index contributed by atoms with van der Waals surface area (Å²) in [4.78, 5) is 8.39. The van der Waals surface area contributed by atoms with Crippen LogP contribution in [0.1, 0.15) is 33.3 Å². The zero-order valence-corrected chi connectivity index (χ0v) is 11.4. The number of thiophene rings is 1. The lowest BCUT2D eigenvalue weighted by Gasteiger charge is -2.11. The number of nitrogens with one attached hydrogen (secondary N) is 1. The quantitative estimate of drug-likeness (QED) is 0.898. The van der Waals surface area contributed by atoms with Gasteiger partial charge in [-0.2, -0.15) is 0 Å². The van der Waals surface area contributed by atoms with Crippen molar-refractivity contribution in [1.82, 2.24) is 10.3 Å². The van der Waals surface area contributed by atoms with Crippen LogP contribution in [0.15, 0.2) is 17.6 Å². The molecule has 1 N–H and O–H groups in total. The van der Waals surface area contributed by atoms with Crippen LogP contribution < -0.4 is 5.32 Å². The Bertz CT molecular complexity index is 459. The van der Waals surface area contributed by atoms with Crippen molar-refractivity contribution in [1.29, 1.82) is 0 Å². The van der Waals surface area contributed by atoms with Crippen LogP contribution in [-0.4, -0.2) is 4.98 Å². The lowest BCUT2D eigenvalue weighted by atomic mass is 10.2. The molecule has 0 aliphatic heterocycles. The Morgan fingerprint density at radius 2 is 2.19 bits per heavy atom. The molecule has 0 aliphatic rings. The van der Waals surface area contributed by atoms with E-state index in [2.05, 4.69) is 43.2 Å². The van der Waals surface area contributed by atoms with Gasteiger partial charge in [-0.25, -0.2) is 4.98 Å². The van der Waals surface area contributed by atoms with E-state index in [1.54, 1.807) is 11.3 Å². The van der Waals surface area contributed by atoms with E-state index in [1.807, 2.05) is 16.8 Å². The molecule has 0 amide bonds. The van der Waals surface area contributed by atoms with Gasteiger partial charge in [0.1, 0.15) is 0 Å². The van der Waals surface area contributed by atoms with E-state index in [1.165, 1.54) is 14.6 Å². The van der Waals surface area contributed by atoms with Gasteiger partial charge in [-0.1, -0.05) is 0 Å². The fourth-order valence-electron chi connectivity index (χ4n) is 1.65. The maximum atomic E-state index is 4.28. The standard InChI is InChI=1S/C12H16N2S2/c1-8-4-5-11(16-8)6-13-9(2)12-10(3)14-7-15-12/h4-5,7,9,13H,6H2,1-3H3. The van der Waals surface area contributed by atoms with Gasteiger partial charge in [0.05, 0.1) is 11.2 Å². The number of hydrogen-bond acceptors (Lipinski definition) is 4. The first-order valence-corrected chi connectivity index (χ1v) is 7.05. The third kappa shape index (κ3) is 2.70. The van der Waals surface area contributed by atoms with Gasteiger partial charge in [0.25, 0.3) is 0 Å². The highest BCUT2D eigenvalue weighted by molar-refractivity contribution is 7.11. The van der Waals surface area contributed by atoms with Gasteiger partial charge in [-0.15, -0.1) is 22.7 Å². The van der Waals surface area contributed by atoms with Gasteiger partial charge in [0.2, 0.25) is 0 Å². The molecule has 4 heteroatoms. The van der Waals surface area contributed by atoms with Crippen molar-refractivity contribution in [2.24, 2.45) is 0 Å². The van der Waals surface area contributed by atoms with Crippen LogP contribution in [0, 0.1) is 13.8 Å². The molecule has 0 aliphatic carbocycles. The van der Waals surface area contributed by atoms with Crippen LogP contribution in [0.5, 0.6) is 0 Å². The second-order valence-corrected chi connectivity index (χ2v) is 6.18. The Hall–Kier alpha value is -0.710. The number of thiazole rings is 1. The van der Waals surface area contributed by atoms with E-state index >= 15 is 0 Å². The van der Waals surface area contributed by atoms with Crippen LogP contribution in [0.4, 0.5) is 0 Å². The molecular weight excluding hydrogens is 236 g/mol. The van der Waals surface area contributed by atoms with Gasteiger partial charge in [0.15, 0.2) is 0 Å². The molecule has 2 aromatic rings. The summed E-state index contributed by atoms with van der Waals surface area (Å²) in [5.41, 5.74) is 3.06. The highest BCUT2D eigenvalue weighted by Crippen LogP contribution is 2.22. The van der Waals surface area contributed by atoms with Crippen molar-refractivity contribution in [3.8, 4) is 0 Å². The minimum Gasteiger partial charge on any atom is -0.304 e. The lowest BCUT2D eigenvalue weighted by Crippen LogP contribution is -2.17. The molecule has 2 aromatic heterocycles. The first-order valence-electron chi connectivity index (χ1n) is 5.35. The lowest BCUT2D eigenvalue weighted by molar-refractivity contribution is 0.584. The van der Waals surface area contributed by atoms with Gasteiger partial charge in [0, 0.05) is 27.2 Å². The van der Waals surface area contributed by atoms with E-state index < -0.39 is 0 Å². The first kappa shape index (κ1) is 11.8. The zero-order chi connectivity index (χ0) is 11.5. The van der Waals surface area contributed by atoms with Crippen LogP contribution in [-0.2, 0) is 6.54 Å². The van der Waals surface area contributed by atoms with Crippen molar-refractivity contribution < 1.29 is 0 Å². The molecule has 0 fully saturated rings.